The van der Waals surface area contributed by atoms with E-state index >= 15 is 0 Å². The van der Waals surface area contributed by atoms with Crippen molar-refractivity contribution in [2.24, 2.45) is 5.73 Å². The van der Waals surface area contributed by atoms with Crippen LogP contribution < -0.4 is 11.1 Å². The number of nitrogens with two attached hydrogens (primary N) is 1. The van der Waals surface area contributed by atoms with Gasteiger partial charge < -0.3 is 15.8 Å². The van der Waals surface area contributed by atoms with E-state index in [0.717, 1.165) is 13.1 Å². The van der Waals surface area contributed by atoms with Crippen LogP contribution in [-0.4, -0.2) is 31.8 Å². The van der Waals surface area contributed by atoms with Crippen LogP contribution in [0.25, 0.3) is 0 Å². The van der Waals surface area contributed by atoms with Crippen LogP contribution >= 0.6 is 0 Å². The Morgan fingerprint density at radius 1 is 1.78 bits per heavy atom. The average Bonchev–Trinajstić information content (AvgIpc) is 2.15. The van der Waals surface area contributed by atoms with Crippen molar-refractivity contribution in [3.63, 3.8) is 0 Å². The molecule has 0 spiro atoms. The van der Waals surface area contributed by atoms with Crippen LogP contribution in [0.5, 0.6) is 0 Å². The number of hydrogen-bond acceptors (Lipinski definition) is 3. The SMILES string of the molecule is CO[C@@]1(C)CNC[C@@H]1N. The predicted molar refractivity (Wildman–Crippen MR) is 36.3 cm³/mol. The highest BCUT2D eigenvalue weighted by atomic mass is 16.5. The molecule has 1 aliphatic rings. The highest BCUT2D eigenvalue weighted by Crippen LogP contribution is 2.15. The van der Waals surface area contributed by atoms with Crippen molar-refractivity contribution in [2.45, 2.75) is 18.6 Å². The Labute approximate surface area is 55.6 Å². The van der Waals surface area contributed by atoms with E-state index in [1.807, 2.05) is 6.92 Å². The third-order valence-corrected chi connectivity index (χ3v) is 2.09. The first kappa shape index (κ1) is 6.99. The quantitative estimate of drug-likeness (QED) is 0.494. The number of hydrogen-bond donors (Lipinski definition) is 2. The van der Waals surface area contributed by atoms with Crippen LogP contribution in [-0.2, 0) is 4.74 Å². The Bertz CT molecular complexity index is 107. The van der Waals surface area contributed by atoms with E-state index in [9.17, 15) is 0 Å². The molecule has 9 heavy (non-hydrogen) atoms. The molecule has 0 aromatic carbocycles. The molecule has 1 rings (SSSR count). The number of nitrogens with one attached hydrogen (secondary N) is 1. The molecule has 0 unspecified atom stereocenters. The molecule has 1 aliphatic heterocycles. The maximum atomic E-state index is 5.74. The molecule has 0 aromatic rings. The third kappa shape index (κ3) is 1.08. The summed E-state index contributed by atoms with van der Waals surface area (Å²) in [6.07, 6.45) is 0. The van der Waals surface area contributed by atoms with Crippen molar-refractivity contribution >= 4 is 0 Å². The van der Waals surface area contributed by atoms with Gasteiger partial charge in [0.25, 0.3) is 0 Å². The molecule has 2 atom stereocenters. The molecule has 0 saturated carbocycles. The zero-order valence-corrected chi connectivity index (χ0v) is 5.98. The minimum Gasteiger partial charge on any atom is -0.376 e. The summed E-state index contributed by atoms with van der Waals surface area (Å²) in [6.45, 7) is 3.76. The fourth-order valence-corrected chi connectivity index (χ4v) is 1.05. The van der Waals surface area contributed by atoms with Crippen LogP contribution in [0.15, 0.2) is 0 Å². The molecule has 1 heterocycles. The molecule has 0 aromatic heterocycles. The summed E-state index contributed by atoms with van der Waals surface area (Å²) in [4.78, 5) is 0. The van der Waals surface area contributed by atoms with Crippen LogP contribution in [0.4, 0.5) is 0 Å². The molecule has 1 saturated heterocycles. The van der Waals surface area contributed by atoms with Gasteiger partial charge in [-0.1, -0.05) is 0 Å². The molecule has 3 N–H and O–H groups in total. The maximum absolute atomic E-state index is 5.74. The Kier molecular flexibility index (Phi) is 1.75. The van der Waals surface area contributed by atoms with Crippen molar-refractivity contribution in [2.75, 3.05) is 20.2 Å². The predicted octanol–water partition coefficient (Wildman–Crippen LogP) is -0.678. The van der Waals surface area contributed by atoms with E-state index in [-0.39, 0.29) is 11.6 Å². The Hall–Kier alpha value is -0.120. The molecule has 0 bridgehead atoms. The third-order valence-electron chi connectivity index (χ3n) is 2.09. The summed E-state index contributed by atoms with van der Waals surface area (Å²) in [5, 5.41) is 3.16. The lowest BCUT2D eigenvalue weighted by Crippen LogP contribution is -2.45. The van der Waals surface area contributed by atoms with Gasteiger partial charge in [0.05, 0.1) is 5.60 Å². The van der Waals surface area contributed by atoms with E-state index in [1.165, 1.54) is 0 Å². The van der Waals surface area contributed by atoms with Gasteiger partial charge in [0.2, 0.25) is 0 Å². The van der Waals surface area contributed by atoms with E-state index in [0.29, 0.717) is 0 Å². The van der Waals surface area contributed by atoms with Gasteiger partial charge in [-0.2, -0.15) is 0 Å². The van der Waals surface area contributed by atoms with Gasteiger partial charge in [0.15, 0.2) is 0 Å². The van der Waals surface area contributed by atoms with Gasteiger partial charge in [0, 0.05) is 26.2 Å². The second kappa shape index (κ2) is 2.25. The Balaban J connectivity index is 2.56. The first-order chi connectivity index (χ1) is 4.19. The van der Waals surface area contributed by atoms with Crippen molar-refractivity contribution < 1.29 is 4.74 Å². The Morgan fingerprint density at radius 3 is 2.67 bits per heavy atom. The highest BCUT2D eigenvalue weighted by molar-refractivity contribution is 4.96. The number of ether oxygens (including phenoxy) is 1. The summed E-state index contributed by atoms with van der Waals surface area (Å²) < 4.78 is 5.22. The highest BCUT2D eigenvalue weighted by Gasteiger charge is 2.35. The van der Waals surface area contributed by atoms with E-state index < -0.39 is 0 Å². The molecular formula is C6H14N2O. The smallest absolute Gasteiger partial charge is 0.0936 e. The molecule has 0 radical (unpaired) electrons. The van der Waals surface area contributed by atoms with Gasteiger partial charge in [-0.15, -0.1) is 0 Å². The normalized spacial score (nSPS) is 43.7. The number of methoxy groups -OCH3 is 1. The van der Waals surface area contributed by atoms with Crippen LogP contribution in [0.3, 0.4) is 0 Å². The molecule has 1 fully saturated rings. The molecule has 3 heteroatoms. The van der Waals surface area contributed by atoms with Gasteiger partial charge in [-0.3, -0.25) is 0 Å². The standard InChI is InChI=1S/C6H14N2O/c1-6(9-2)4-8-3-5(6)7/h5,8H,3-4,7H2,1-2H3/t5-,6-/m0/s1. The largest absolute Gasteiger partial charge is 0.376 e. The molecule has 3 nitrogen and oxygen atoms in total. The fourth-order valence-electron chi connectivity index (χ4n) is 1.05. The van der Waals surface area contributed by atoms with E-state index in [1.54, 1.807) is 7.11 Å². The zero-order valence-electron chi connectivity index (χ0n) is 5.98. The topological polar surface area (TPSA) is 47.3 Å². The van der Waals surface area contributed by atoms with E-state index in [4.69, 9.17) is 10.5 Å². The van der Waals surface area contributed by atoms with Crippen LogP contribution in [0.2, 0.25) is 0 Å². The molecule has 54 valence electrons. The summed E-state index contributed by atoms with van der Waals surface area (Å²) >= 11 is 0. The van der Waals surface area contributed by atoms with Crippen molar-refractivity contribution in [3.8, 4) is 0 Å². The fraction of sp³-hybridized carbons (Fsp3) is 1.00. The lowest BCUT2D eigenvalue weighted by atomic mass is 10.0. The minimum atomic E-state index is -0.139. The first-order valence-corrected chi connectivity index (χ1v) is 3.20. The minimum absolute atomic E-state index is 0.139. The summed E-state index contributed by atoms with van der Waals surface area (Å²) in [7, 11) is 1.70. The second-order valence-electron chi connectivity index (χ2n) is 2.75. The van der Waals surface area contributed by atoms with E-state index in [2.05, 4.69) is 5.32 Å². The molecule has 0 aliphatic carbocycles. The monoisotopic (exact) mass is 130 g/mol. The van der Waals surface area contributed by atoms with Gasteiger partial charge in [0.1, 0.15) is 0 Å². The van der Waals surface area contributed by atoms with Crippen molar-refractivity contribution in [1.29, 1.82) is 0 Å². The molecule has 0 amide bonds. The van der Waals surface area contributed by atoms with Crippen molar-refractivity contribution in [1.82, 2.24) is 5.32 Å². The van der Waals surface area contributed by atoms with Gasteiger partial charge >= 0.3 is 0 Å². The van der Waals surface area contributed by atoms with Crippen LogP contribution in [0.1, 0.15) is 6.92 Å². The van der Waals surface area contributed by atoms with Gasteiger partial charge in [-0.05, 0) is 6.92 Å². The summed E-state index contributed by atoms with van der Waals surface area (Å²) in [5.74, 6) is 0. The second-order valence-corrected chi connectivity index (χ2v) is 2.75. The lowest BCUT2D eigenvalue weighted by molar-refractivity contribution is 0.0117. The first-order valence-electron chi connectivity index (χ1n) is 3.20. The van der Waals surface area contributed by atoms with Gasteiger partial charge in [-0.25, -0.2) is 0 Å². The zero-order chi connectivity index (χ0) is 6.91. The molecular weight excluding hydrogens is 116 g/mol. The van der Waals surface area contributed by atoms with Crippen LogP contribution in [0, 0.1) is 0 Å². The maximum Gasteiger partial charge on any atom is 0.0936 e. The number of rotatable bonds is 1. The van der Waals surface area contributed by atoms with Crippen molar-refractivity contribution in [3.05, 3.63) is 0 Å². The summed E-state index contributed by atoms with van der Waals surface area (Å²) in [6, 6.07) is 0.141. The lowest BCUT2D eigenvalue weighted by Gasteiger charge is -2.25. The summed E-state index contributed by atoms with van der Waals surface area (Å²) in [5.41, 5.74) is 5.60. The average molecular weight is 130 g/mol. The Morgan fingerprint density at radius 2 is 2.44 bits per heavy atom.